The van der Waals surface area contributed by atoms with Gasteiger partial charge < -0.3 is 10.4 Å². The van der Waals surface area contributed by atoms with Gasteiger partial charge in [0.1, 0.15) is 5.56 Å². The number of pyridine rings is 2. The first-order valence-corrected chi connectivity index (χ1v) is 7.23. The van der Waals surface area contributed by atoms with E-state index < -0.39 is 17.7 Å². The van der Waals surface area contributed by atoms with Crippen molar-refractivity contribution in [3.05, 3.63) is 65.6 Å². The molecular weight excluding hydrogens is 335 g/mol. The van der Waals surface area contributed by atoms with Crippen LogP contribution in [0, 0.1) is 0 Å². The molecule has 0 amide bonds. The predicted molar refractivity (Wildman–Crippen MR) is 85.3 cm³/mol. The Morgan fingerprint density at radius 3 is 2.60 bits per heavy atom. The second-order valence-corrected chi connectivity index (χ2v) is 5.27. The van der Waals surface area contributed by atoms with Crippen LogP contribution in [-0.4, -0.2) is 21.0 Å². The monoisotopic (exact) mass is 347 g/mol. The van der Waals surface area contributed by atoms with Crippen molar-refractivity contribution in [2.75, 3.05) is 5.32 Å². The fourth-order valence-corrected chi connectivity index (χ4v) is 2.50. The molecule has 0 aliphatic carbocycles. The normalized spacial score (nSPS) is 11.5. The van der Waals surface area contributed by atoms with E-state index in [4.69, 9.17) is 0 Å². The standard InChI is InChI=1S/C17H12F3N3O2/c18-17(19,20)13-5-1-4-11-14(12(16(24)25)9-23-15(11)13)22-8-10-3-2-6-21-7-10/h1-7,9H,8H2,(H,22,23)(H,24,25). The van der Waals surface area contributed by atoms with Crippen molar-refractivity contribution in [1.29, 1.82) is 0 Å². The van der Waals surface area contributed by atoms with Gasteiger partial charge in [0.2, 0.25) is 0 Å². The molecule has 25 heavy (non-hydrogen) atoms. The third-order valence-corrected chi connectivity index (χ3v) is 3.63. The summed E-state index contributed by atoms with van der Waals surface area (Å²) in [5.74, 6) is -1.28. The summed E-state index contributed by atoms with van der Waals surface area (Å²) < 4.78 is 39.5. The van der Waals surface area contributed by atoms with Crippen molar-refractivity contribution in [3.8, 4) is 0 Å². The number of para-hydroxylation sites is 1. The number of benzene rings is 1. The molecular formula is C17H12F3N3O2. The number of nitrogens with zero attached hydrogens (tertiary/aromatic N) is 2. The van der Waals surface area contributed by atoms with Gasteiger partial charge >= 0.3 is 12.1 Å². The Bertz CT molecular complexity index is 928. The summed E-state index contributed by atoms with van der Waals surface area (Å²) in [5, 5.41) is 12.3. The van der Waals surface area contributed by atoms with Crippen LogP contribution in [0.3, 0.4) is 0 Å². The molecule has 0 aliphatic rings. The van der Waals surface area contributed by atoms with E-state index in [-0.39, 0.29) is 28.7 Å². The summed E-state index contributed by atoms with van der Waals surface area (Å²) in [6.07, 6.45) is -0.481. The van der Waals surface area contributed by atoms with Gasteiger partial charge in [-0.1, -0.05) is 18.2 Å². The fraction of sp³-hybridized carbons (Fsp3) is 0.118. The van der Waals surface area contributed by atoms with Gasteiger partial charge in [0.25, 0.3) is 0 Å². The number of rotatable bonds is 4. The molecule has 0 atom stereocenters. The smallest absolute Gasteiger partial charge is 0.418 e. The van der Waals surface area contributed by atoms with E-state index in [1.807, 2.05) is 0 Å². The second-order valence-electron chi connectivity index (χ2n) is 5.27. The van der Waals surface area contributed by atoms with E-state index in [0.29, 0.717) is 0 Å². The highest BCUT2D eigenvalue weighted by Gasteiger charge is 2.33. The number of nitrogens with one attached hydrogen (secondary N) is 1. The van der Waals surface area contributed by atoms with Crippen LogP contribution in [0.15, 0.2) is 48.9 Å². The molecule has 128 valence electrons. The molecule has 0 aliphatic heterocycles. The molecule has 0 saturated heterocycles. The van der Waals surface area contributed by atoms with Crippen LogP contribution in [0.25, 0.3) is 10.9 Å². The zero-order valence-electron chi connectivity index (χ0n) is 12.7. The lowest BCUT2D eigenvalue weighted by atomic mass is 10.0. The number of hydrogen-bond acceptors (Lipinski definition) is 4. The minimum Gasteiger partial charge on any atom is -0.478 e. The summed E-state index contributed by atoms with van der Waals surface area (Å²) in [5.41, 5.74) is -0.556. The topological polar surface area (TPSA) is 75.1 Å². The molecule has 2 heterocycles. The van der Waals surface area contributed by atoms with E-state index in [0.717, 1.165) is 17.8 Å². The van der Waals surface area contributed by atoms with Gasteiger partial charge in [-0.25, -0.2) is 4.79 Å². The number of fused-ring (bicyclic) bond motifs is 1. The van der Waals surface area contributed by atoms with Crippen molar-refractivity contribution < 1.29 is 23.1 Å². The molecule has 0 radical (unpaired) electrons. The molecule has 0 fully saturated rings. The van der Waals surface area contributed by atoms with Crippen molar-refractivity contribution in [1.82, 2.24) is 9.97 Å². The second kappa shape index (κ2) is 6.39. The quantitative estimate of drug-likeness (QED) is 0.747. The Labute approximate surface area is 140 Å². The van der Waals surface area contributed by atoms with Crippen LogP contribution < -0.4 is 5.32 Å². The predicted octanol–water partition coefficient (Wildman–Crippen LogP) is 3.96. The highest BCUT2D eigenvalue weighted by atomic mass is 19.4. The average Bonchev–Trinajstić information content (AvgIpc) is 2.58. The van der Waals surface area contributed by atoms with Crippen LogP contribution in [0.1, 0.15) is 21.5 Å². The molecule has 8 heteroatoms. The zero-order chi connectivity index (χ0) is 18.0. The molecule has 0 spiro atoms. The van der Waals surface area contributed by atoms with Crippen molar-refractivity contribution in [2.45, 2.75) is 12.7 Å². The molecule has 2 N–H and O–H groups in total. The van der Waals surface area contributed by atoms with E-state index in [1.165, 1.54) is 12.1 Å². The number of anilines is 1. The number of aromatic carboxylic acids is 1. The SMILES string of the molecule is O=C(O)c1cnc2c(C(F)(F)F)cccc2c1NCc1cccnc1. The van der Waals surface area contributed by atoms with Crippen LogP contribution in [-0.2, 0) is 12.7 Å². The molecule has 5 nitrogen and oxygen atoms in total. The summed E-state index contributed by atoms with van der Waals surface area (Å²) >= 11 is 0. The van der Waals surface area contributed by atoms with Crippen molar-refractivity contribution in [2.24, 2.45) is 0 Å². The molecule has 0 bridgehead atoms. The van der Waals surface area contributed by atoms with Crippen LogP contribution in [0.4, 0.5) is 18.9 Å². The molecule has 3 aromatic rings. The Balaban J connectivity index is 2.13. The number of carbonyl (C=O) groups is 1. The number of carboxylic acid groups (broad SMARTS) is 1. The van der Waals surface area contributed by atoms with Gasteiger partial charge in [0.15, 0.2) is 0 Å². The van der Waals surface area contributed by atoms with Gasteiger partial charge in [0.05, 0.1) is 16.8 Å². The lowest BCUT2D eigenvalue weighted by Gasteiger charge is -2.15. The molecule has 1 aromatic carbocycles. The molecule has 0 unspecified atom stereocenters. The minimum absolute atomic E-state index is 0.0902. The van der Waals surface area contributed by atoms with Gasteiger partial charge in [-0.2, -0.15) is 13.2 Å². The number of halogens is 3. The maximum absolute atomic E-state index is 13.2. The van der Waals surface area contributed by atoms with Gasteiger partial charge in [-0.15, -0.1) is 0 Å². The highest BCUT2D eigenvalue weighted by molar-refractivity contribution is 6.05. The van der Waals surface area contributed by atoms with E-state index in [1.54, 1.807) is 24.5 Å². The van der Waals surface area contributed by atoms with Crippen molar-refractivity contribution >= 4 is 22.6 Å². The van der Waals surface area contributed by atoms with Crippen molar-refractivity contribution in [3.63, 3.8) is 0 Å². The summed E-state index contributed by atoms with van der Waals surface area (Å²) in [6, 6.07) is 7.04. The Morgan fingerprint density at radius 2 is 1.96 bits per heavy atom. The first-order chi connectivity index (χ1) is 11.9. The average molecular weight is 347 g/mol. The van der Waals surface area contributed by atoms with E-state index in [9.17, 15) is 23.1 Å². The first kappa shape index (κ1) is 16.7. The van der Waals surface area contributed by atoms with Crippen LogP contribution in [0.5, 0.6) is 0 Å². The summed E-state index contributed by atoms with van der Waals surface area (Å²) in [4.78, 5) is 19.1. The minimum atomic E-state index is -4.59. The number of carboxylic acids is 1. The Morgan fingerprint density at radius 1 is 1.16 bits per heavy atom. The number of aromatic nitrogens is 2. The maximum Gasteiger partial charge on any atom is 0.418 e. The maximum atomic E-state index is 13.2. The van der Waals surface area contributed by atoms with E-state index in [2.05, 4.69) is 15.3 Å². The molecule has 2 aromatic heterocycles. The summed E-state index contributed by atoms with van der Waals surface area (Å²) in [6.45, 7) is 0.212. The van der Waals surface area contributed by atoms with Gasteiger partial charge in [-0.05, 0) is 17.7 Å². The zero-order valence-corrected chi connectivity index (χ0v) is 12.7. The van der Waals surface area contributed by atoms with Crippen LogP contribution >= 0.6 is 0 Å². The van der Waals surface area contributed by atoms with Gasteiger partial charge in [0, 0.05) is 30.5 Å². The lowest BCUT2D eigenvalue weighted by molar-refractivity contribution is -0.136. The molecule has 3 rings (SSSR count). The fourth-order valence-electron chi connectivity index (χ4n) is 2.50. The third-order valence-electron chi connectivity index (χ3n) is 3.63. The number of alkyl halides is 3. The van der Waals surface area contributed by atoms with Gasteiger partial charge in [-0.3, -0.25) is 9.97 Å². The summed E-state index contributed by atoms with van der Waals surface area (Å²) in [7, 11) is 0. The third kappa shape index (κ3) is 3.37. The largest absolute Gasteiger partial charge is 0.478 e. The Hall–Kier alpha value is -3.16. The Kier molecular flexibility index (Phi) is 4.26. The molecule has 0 saturated carbocycles. The van der Waals surface area contributed by atoms with Crippen LogP contribution in [0.2, 0.25) is 0 Å². The number of hydrogen-bond donors (Lipinski definition) is 2. The lowest BCUT2D eigenvalue weighted by Crippen LogP contribution is -2.11. The highest BCUT2D eigenvalue weighted by Crippen LogP contribution is 2.37. The van der Waals surface area contributed by atoms with E-state index >= 15 is 0 Å². The first-order valence-electron chi connectivity index (χ1n) is 7.23.